The van der Waals surface area contributed by atoms with Crippen LogP contribution in [0.2, 0.25) is 0 Å². The summed E-state index contributed by atoms with van der Waals surface area (Å²) in [4.78, 5) is 15.2. The predicted octanol–water partition coefficient (Wildman–Crippen LogP) is 3.57. The molecule has 1 saturated heterocycles. The molecule has 2 aromatic carbocycles. The maximum absolute atomic E-state index is 12.8. The minimum Gasteiger partial charge on any atom is -0.351 e. The number of carbonyl (C=O) groups excluding carboxylic acids is 1. The number of sulfonamides is 1. The Morgan fingerprint density at radius 1 is 1.13 bits per heavy atom. The van der Waals surface area contributed by atoms with E-state index < -0.39 is 10.0 Å². The Morgan fingerprint density at radius 2 is 1.90 bits per heavy atom. The number of likely N-dealkylation sites (tertiary alicyclic amines) is 1. The molecule has 1 amide bonds. The smallest absolute Gasteiger partial charge is 0.261 e. The maximum Gasteiger partial charge on any atom is 0.261 e. The van der Waals surface area contributed by atoms with Gasteiger partial charge in [0.05, 0.1) is 10.6 Å². The van der Waals surface area contributed by atoms with Gasteiger partial charge in [-0.3, -0.25) is 9.52 Å². The number of aryl methyl sites for hydroxylation is 2. The van der Waals surface area contributed by atoms with Gasteiger partial charge in [0, 0.05) is 25.2 Å². The molecule has 1 aliphatic heterocycles. The Labute approximate surface area is 179 Å². The van der Waals surface area contributed by atoms with Gasteiger partial charge in [0.2, 0.25) is 0 Å². The van der Waals surface area contributed by atoms with Crippen LogP contribution in [0, 0.1) is 19.8 Å². The molecule has 0 saturated carbocycles. The highest BCUT2D eigenvalue weighted by Crippen LogP contribution is 2.21. The molecule has 0 aliphatic carbocycles. The van der Waals surface area contributed by atoms with E-state index in [4.69, 9.17) is 0 Å². The molecule has 7 heteroatoms. The molecule has 0 spiro atoms. The molecule has 2 aromatic rings. The first kappa shape index (κ1) is 22.3. The van der Waals surface area contributed by atoms with Gasteiger partial charge in [-0.25, -0.2) is 8.42 Å². The summed E-state index contributed by atoms with van der Waals surface area (Å²) in [5.74, 6) is 0.449. The molecular formula is C23H31N3O3S. The van der Waals surface area contributed by atoms with E-state index in [2.05, 4.69) is 21.9 Å². The molecule has 1 unspecified atom stereocenters. The predicted molar refractivity (Wildman–Crippen MR) is 120 cm³/mol. The summed E-state index contributed by atoms with van der Waals surface area (Å²) in [5.41, 5.74) is 2.49. The second-order valence-electron chi connectivity index (χ2n) is 8.20. The summed E-state index contributed by atoms with van der Waals surface area (Å²) in [6, 6.07) is 11.8. The zero-order valence-corrected chi connectivity index (χ0v) is 18.8. The number of carbonyl (C=O) groups is 1. The lowest BCUT2D eigenvalue weighted by molar-refractivity contribution is 0.0943. The topological polar surface area (TPSA) is 78.5 Å². The molecule has 1 heterocycles. The SMILES string of the molecule is Cc1ccccc1NS(=O)(=O)c1ccc(C)c(C(=O)NCCN2CCCC(C)C2)c1. The number of anilines is 1. The number of benzene rings is 2. The minimum atomic E-state index is -3.79. The van der Waals surface area contributed by atoms with Gasteiger partial charge < -0.3 is 10.2 Å². The highest BCUT2D eigenvalue weighted by atomic mass is 32.2. The van der Waals surface area contributed by atoms with Crippen molar-refractivity contribution in [2.45, 2.75) is 38.5 Å². The van der Waals surface area contributed by atoms with Crippen LogP contribution >= 0.6 is 0 Å². The molecule has 6 nitrogen and oxygen atoms in total. The van der Waals surface area contributed by atoms with Gasteiger partial charge in [-0.1, -0.05) is 31.2 Å². The molecule has 3 rings (SSSR count). The van der Waals surface area contributed by atoms with Gasteiger partial charge in [0.1, 0.15) is 0 Å². The number of para-hydroxylation sites is 1. The second kappa shape index (κ2) is 9.62. The molecule has 162 valence electrons. The Hall–Kier alpha value is -2.38. The van der Waals surface area contributed by atoms with Gasteiger partial charge in [-0.15, -0.1) is 0 Å². The quantitative estimate of drug-likeness (QED) is 0.705. The summed E-state index contributed by atoms with van der Waals surface area (Å²) in [6.45, 7) is 9.39. The van der Waals surface area contributed by atoms with Crippen LogP contribution in [0.25, 0.3) is 0 Å². The van der Waals surface area contributed by atoms with E-state index in [-0.39, 0.29) is 10.8 Å². The van der Waals surface area contributed by atoms with Gasteiger partial charge >= 0.3 is 0 Å². The maximum atomic E-state index is 12.8. The summed E-state index contributed by atoms with van der Waals surface area (Å²) in [6.07, 6.45) is 2.46. The van der Waals surface area contributed by atoms with E-state index in [0.717, 1.165) is 30.8 Å². The van der Waals surface area contributed by atoms with Crippen LogP contribution in [-0.2, 0) is 10.0 Å². The van der Waals surface area contributed by atoms with Crippen molar-refractivity contribution >= 4 is 21.6 Å². The Balaban J connectivity index is 1.68. The fourth-order valence-electron chi connectivity index (χ4n) is 3.82. The van der Waals surface area contributed by atoms with Crippen LogP contribution in [0.5, 0.6) is 0 Å². The summed E-state index contributed by atoms with van der Waals surface area (Å²) in [5, 5.41) is 2.94. The zero-order valence-electron chi connectivity index (χ0n) is 17.9. The van der Waals surface area contributed by atoms with Gasteiger partial charge in [-0.2, -0.15) is 0 Å². The van der Waals surface area contributed by atoms with Crippen molar-refractivity contribution in [2.75, 3.05) is 30.9 Å². The average Bonchev–Trinajstić information content (AvgIpc) is 2.70. The first-order valence-corrected chi connectivity index (χ1v) is 11.9. The van der Waals surface area contributed by atoms with Crippen molar-refractivity contribution in [3.8, 4) is 0 Å². The lowest BCUT2D eigenvalue weighted by Gasteiger charge is -2.30. The van der Waals surface area contributed by atoms with Crippen molar-refractivity contribution in [1.29, 1.82) is 0 Å². The first-order valence-electron chi connectivity index (χ1n) is 10.5. The fraction of sp³-hybridized carbons (Fsp3) is 0.435. The summed E-state index contributed by atoms with van der Waals surface area (Å²) in [7, 11) is -3.79. The summed E-state index contributed by atoms with van der Waals surface area (Å²) >= 11 is 0. The lowest BCUT2D eigenvalue weighted by atomic mass is 10.0. The van der Waals surface area contributed by atoms with Crippen molar-refractivity contribution in [2.24, 2.45) is 5.92 Å². The number of nitrogens with zero attached hydrogens (tertiary/aromatic N) is 1. The van der Waals surface area contributed by atoms with E-state index in [1.807, 2.05) is 26.0 Å². The Morgan fingerprint density at radius 3 is 2.63 bits per heavy atom. The van der Waals surface area contributed by atoms with Crippen LogP contribution in [0.15, 0.2) is 47.4 Å². The molecular weight excluding hydrogens is 398 g/mol. The van der Waals surface area contributed by atoms with Crippen molar-refractivity contribution < 1.29 is 13.2 Å². The van der Waals surface area contributed by atoms with Crippen LogP contribution in [0.3, 0.4) is 0 Å². The van der Waals surface area contributed by atoms with Gasteiger partial charge in [0.15, 0.2) is 0 Å². The molecule has 0 aromatic heterocycles. The number of nitrogens with one attached hydrogen (secondary N) is 2. The normalized spacial score (nSPS) is 17.5. The van der Waals surface area contributed by atoms with Crippen LogP contribution in [0.1, 0.15) is 41.3 Å². The van der Waals surface area contributed by atoms with Crippen LogP contribution in [-0.4, -0.2) is 45.4 Å². The fourth-order valence-corrected chi connectivity index (χ4v) is 4.97. The number of hydrogen-bond acceptors (Lipinski definition) is 4. The number of amides is 1. The number of hydrogen-bond donors (Lipinski definition) is 2. The average molecular weight is 430 g/mol. The van der Waals surface area contributed by atoms with Crippen LogP contribution < -0.4 is 10.0 Å². The Kier molecular flexibility index (Phi) is 7.15. The molecule has 2 N–H and O–H groups in total. The van der Waals surface area contributed by atoms with E-state index in [1.165, 1.54) is 25.0 Å². The first-order chi connectivity index (χ1) is 14.3. The van der Waals surface area contributed by atoms with Crippen molar-refractivity contribution in [3.05, 3.63) is 59.2 Å². The number of piperidine rings is 1. The molecule has 0 bridgehead atoms. The zero-order chi connectivity index (χ0) is 21.7. The van der Waals surface area contributed by atoms with Crippen LogP contribution in [0.4, 0.5) is 5.69 Å². The largest absolute Gasteiger partial charge is 0.351 e. The Bertz CT molecular complexity index is 1000. The molecule has 1 atom stereocenters. The van der Waals surface area contributed by atoms with E-state index in [0.29, 0.717) is 23.7 Å². The van der Waals surface area contributed by atoms with E-state index in [1.54, 1.807) is 18.2 Å². The highest BCUT2D eigenvalue weighted by Gasteiger charge is 2.20. The summed E-state index contributed by atoms with van der Waals surface area (Å²) < 4.78 is 28.3. The van der Waals surface area contributed by atoms with Gasteiger partial charge in [0.25, 0.3) is 15.9 Å². The monoisotopic (exact) mass is 429 g/mol. The molecule has 1 aliphatic rings. The molecule has 30 heavy (non-hydrogen) atoms. The molecule has 1 fully saturated rings. The third-order valence-corrected chi connectivity index (χ3v) is 6.97. The van der Waals surface area contributed by atoms with E-state index in [9.17, 15) is 13.2 Å². The highest BCUT2D eigenvalue weighted by molar-refractivity contribution is 7.92. The number of rotatable bonds is 7. The third kappa shape index (κ3) is 5.61. The minimum absolute atomic E-state index is 0.0753. The van der Waals surface area contributed by atoms with Crippen molar-refractivity contribution in [1.82, 2.24) is 10.2 Å². The standard InChI is InChI=1S/C23H31N3O3S/c1-17-7-6-13-26(16-17)14-12-24-23(27)21-15-20(11-10-18(21)2)30(28,29)25-22-9-5-4-8-19(22)3/h4-5,8-11,15,17,25H,6-7,12-14,16H2,1-3H3,(H,24,27). The van der Waals surface area contributed by atoms with Crippen molar-refractivity contribution in [3.63, 3.8) is 0 Å². The van der Waals surface area contributed by atoms with Gasteiger partial charge in [-0.05, 0) is 68.5 Å². The van der Waals surface area contributed by atoms with E-state index >= 15 is 0 Å². The second-order valence-corrected chi connectivity index (χ2v) is 9.88. The third-order valence-electron chi connectivity index (χ3n) is 5.61. The lowest BCUT2D eigenvalue weighted by Crippen LogP contribution is -2.40. The molecule has 0 radical (unpaired) electrons.